The Bertz CT molecular complexity index is 1160. The van der Waals surface area contributed by atoms with Gasteiger partial charge in [-0.25, -0.2) is 4.98 Å². The number of methoxy groups -OCH3 is 1. The Hall–Kier alpha value is -3.25. The van der Waals surface area contributed by atoms with E-state index in [9.17, 15) is 0 Å². The standard InChI is InChI=1S/C25H27N5O/c1-29-17-27-25-23(29)14-22(28-24(25)20-5-7-21(31-2)8-6-20)19-9-12-30(13-10-19)16-18-4-3-11-26-15-18/h3-8,11,14-15,17,19H,9-10,12-13,16H2,1-2H3. The van der Waals surface area contributed by atoms with Gasteiger partial charge in [0, 0.05) is 43.2 Å². The lowest BCUT2D eigenvalue weighted by Crippen LogP contribution is -2.32. The second kappa shape index (κ2) is 8.47. The van der Waals surface area contributed by atoms with Crippen LogP contribution in [-0.2, 0) is 13.6 Å². The van der Waals surface area contributed by atoms with Gasteiger partial charge in [0.15, 0.2) is 0 Å². The maximum Gasteiger partial charge on any atom is 0.118 e. The van der Waals surface area contributed by atoms with Crippen molar-refractivity contribution in [3.8, 4) is 17.0 Å². The van der Waals surface area contributed by atoms with Crippen LogP contribution in [-0.4, -0.2) is 44.6 Å². The molecule has 31 heavy (non-hydrogen) atoms. The third-order valence-electron chi connectivity index (χ3n) is 6.23. The van der Waals surface area contributed by atoms with Crippen molar-refractivity contribution in [2.75, 3.05) is 20.2 Å². The molecule has 5 rings (SSSR count). The van der Waals surface area contributed by atoms with Crippen molar-refractivity contribution in [3.05, 3.63) is 72.4 Å². The Balaban J connectivity index is 1.40. The highest BCUT2D eigenvalue weighted by molar-refractivity contribution is 5.90. The molecule has 0 N–H and O–H groups in total. The van der Waals surface area contributed by atoms with Crippen LogP contribution in [0.25, 0.3) is 22.3 Å². The predicted octanol–water partition coefficient (Wildman–Crippen LogP) is 4.42. The minimum atomic E-state index is 0.460. The number of benzene rings is 1. The van der Waals surface area contributed by atoms with Crippen LogP contribution in [0.5, 0.6) is 5.75 Å². The number of ether oxygens (including phenoxy) is 1. The Labute approximate surface area is 182 Å². The van der Waals surface area contributed by atoms with E-state index in [2.05, 4.69) is 43.7 Å². The molecule has 0 spiro atoms. The van der Waals surface area contributed by atoms with Gasteiger partial charge in [-0.1, -0.05) is 6.07 Å². The van der Waals surface area contributed by atoms with Crippen LogP contribution >= 0.6 is 0 Å². The molecule has 0 aliphatic carbocycles. The van der Waals surface area contributed by atoms with Crippen LogP contribution in [0.15, 0.2) is 61.2 Å². The number of imidazole rings is 1. The third-order valence-corrected chi connectivity index (χ3v) is 6.23. The lowest BCUT2D eigenvalue weighted by atomic mass is 9.92. The highest BCUT2D eigenvalue weighted by atomic mass is 16.5. The van der Waals surface area contributed by atoms with Gasteiger partial charge in [-0.3, -0.25) is 14.9 Å². The number of hydrogen-bond donors (Lipinski definition) is 0. The summed E-state index contributed by atoms with van der Waals surface area (Å²) in [6.45, 7) is 3.11. The summed E-state index contributed by atoms with van der Waals surface area (Å²) in [5, 5.41) is 0. The van der Waals surface area contributed by atoms with Gasteiger partial charge in [0.25, 0.3) is 0 Å². The van der Waals surface area contributed by atoms with E-state index in [-0.39, 0.29) is 0 Å². The number of aromatic nitrogens is 4. The van der Waals surface area contributed by atoms with E-state index in [4.69, 9.17) is 9.72 Å². The van der Waals surface area contributed by atoms with E-state index in [0.29, 0.717) is 5.92 Å². The zero-order chi connectivity index (χ0) is 21.2. The van der Waals surface area contributed by atoms with E-state index in [1.807, 2.05) is 44.0 Å². The number of pyridine rings is 2. The zero-order valence-corrected chi connectivity index (χ0v) is 18.0. The smallest absolute Gasteiger partial charge is 0.118 e. The summed E-state index contributed by atoms with van der Waals surface area (Å²) in [6.07, 6.45) is 7.89. The van der Waals surface area contributed by atoms with E-state index in [0.717, 1.165) is 60.5 Å². The molecule has 1 aliphatic rings. The minimum Gasteiger partial charge on any atom is -0.497 e. The van der Waals surface area contributed by atoms with Crippen LogP contribution in [0.3, 0.4) is 0 Å². The summed E-state index contributed by atoms with van der Waals surface area (Å²) in [5.74, 6) is 1.31. The molecule has 1 aromatic carbocycles. The quantitative estimate of drug-likeness (QED) is 0.485. The first-order chi connectivity index (χ1) is 15.2. The first-order valence-corrected chi connectivity index (χ1v) is 10.8. The first kappa shape index (κ1) is 19.7. The van der Waals surface area contributed by atoms with Crippen LogP contribution in [0, 0.1) is 0 Å². The van der Waals surface area contributed by atoms with Gasteiger partial charge >= 0.3 is 0 Å². The number of hydrogen-bond acceptors (Lipinski definition) is 5. The Kier molecular flexibility index (Phi) is 5.38. The lowest BCUT2D eigenvalue weighted by Gasteiger charge is -2.31. The van der Waals surface area contributed by atoms with Crippen LogP contribution < -0.4 is 4.74 Å². The fourth-order valence-electron chi connectivity index (χ4n) is 4.44. The van der Waals surface area contributed by atoms with Crippen molar-refractivity contribution in [2.24, 2.45) is 7.05 Å². The fraction of sp³-hybridized carbons (Fsp3) is 0.320. The van der Waals surface area contributed by atoms with E-state index in [1.165, 1.54) is 11.3 Å². The molecule has 6 nitrogen and oxygen atoms in total. The average molecular weight is 414 g/mol. The van der Waals surface area contributed by atoms with Crippen molar-refractivity contribution >= 4 is 11.0 Å². The molecule has 0 radical (unpaired) electrons. The number of aryl methyl sites for hydroxylation is 1. The molecule has 1 aliphatic heterocycles. The number of nitrogens with zero attached hydrogens (tertiary/aromatic N) is 5. The fourth-order valence-corrected chi connectivity index (χ4v) is 4.44. The molecule has 6 heteroatoms. The Morgan fingerprint density at radius 1 is 1.10 bits per heavy atom. The maximum absolute atomic E-state index is 5.32. The molecule has 0 atom stereocenters. The molecule has 3 aromatic heterocycles. The normalized spacial score (nSPS) is 15.4. The van der Waals surface area contributed by atoms with Gasteiger partial charge in [-0.2, -0.15) is 0 Å². The molecule has 0 amide bonds. The monoisotopic (exact) mass is 413 g/mol. The molecule has 0 bridgehead atoms. The van der Waals surface area contributed by atoms with Crippen molar-refractivity contribution in [3.63, 3.8) is 0 Å². The maximum atomic E-state index is 5.32. The summed E-state index contributed by atoms with van der Waals surface area (Å²) in [5.41, 5.74) is 6.55. The summed E-state index contributed by atoms with van der Waals surface area (Å²) >= 11 is 0. The van der Waals surface area contributed by atoms with Crippen molar-refractivity contribution in [2.45, 2.75) is 25.3 Å². The molecule has 4 aromatic rings. The third kappa shape index (κ3) is 4.03. The van der Waals surface area contributed by atoms with Crippen molar-refractivity contribution in [1.29, 1.82) is 0 Å². The lowest BCUT2D eigenvalue weighted by molar-refractivity contribution is 0.203. The molecule has 4 heterocycles. The summed E-state index contributed by atoms with van der Waals surface area (Å²) in [4.78, 5) is 16.5. The van der Waals surface area contributed by atoms with Crippen molar-refractivity contribution in [1.82, 2.24) is 24.4 Å². The predicted molar refractivity (Wildman–Crippen MR) is 122 cm³/mol. The molecule has 1 saturated heterocycles. The average Bonchev–Trinajstić information content (AvgIpc) is 3.20. The van der Waals surface area contributed by atoms with Gasteiger partial charge < -0.3 is 9.30 Å². The Morgan fingerprint density at radius 3 is 2.61 bits per heavy atom. The SMILES string of the molecule is COc1ccc(-c2nc(C3CCN(Cc4cccnc4)CC3)cc3c2ncn3C)cc1. The number of rotatable bonds is 5. The zero-order valence-electron chi connectivity index (χ0n) is 18.0. The summed E-state index contributed by atoms with van der Waals surface area (Å²) in [7, 11) is 3.74. The van der Waals surface area contributed by atoms with Crippen molar-refractivity contribution < 1.29 is 4.74 Å². The Morgan fingerprint density at radius 2 is 1.90 bits per heavy atom. The van der Waals surface area contributed by atoms with E-state index >= 15 is 0 Å². The topological polar surface area (TPSA) is 56.1 Å². The first-order valence-electron chi connectivity index (χ1n) is 10.8. The molecule has 1 fully saturated rings. The molecule has 0 unspecified atom stereocenters. The molecule has 0 saturated carbocycles. The van der Waals surface area contributed by atoms with Gasteiger partial charge in [-0.15, -0.1) is 0 Å². The molecular formula is C25H27N5O. The second-order valence-electron chi connectivity index (χ2n) is 8.26. The van der Waals surface area contributed by atoms with Crippen LogP contribution in [0.4, 0.5) is 0 Å². The van der Waals surface area contributed by atoms with Crippen LogP contribution in [0.1, 0.15) is 30.0 Å². The highest BCUT2D eigenvalue weighted by Gasteiger charge is 2.24. The molecule has 158 valence electrons. The van der Waals surface area contributed by atoms with Gasteiger partial charge in [-0.05, 0) is 67.9 Å². The summed E-state index contributed by atoms with van der Waals surface area (Å²) in [6, 6.07) is 14.5. The number of fused-ring (bicyclic) bond motifs is 1. The number of likely N-dealkylation sites (tertiary alicyclic amines) is 1. The number of piperidine rings is 1. The second-order valence-corrected chi connectivity index (χ2v) is 8.26. The van der Waals surface area contributed by atoms with Gasteiger partial charge in [0.2, 0.25) is 0 Å². The molecular weight excluding hydrogens is 386 g/mol. The van der Waals surface area contributed by atoms with Crippen LogP contribution in [0.2, 0.25) is 0 Å². The largest absolute Gasteiger partial charge is 0.497 e. The summed E-state index contributed by atoms with van der Waals surface area (Å²) < 4.78 is 7.41. The van der Waals surface area contributed by atoms with Gasteiger partial charge in [0.05, 0.1) is 24.6 Å². The highest BCUT2D eigenvalue weighted by Crippen LogP contribution is 2.33. The minimum absolute atomic E-state index is 0.460. The van der Waals surface area contributed by atoms with Gasteiger partial charge in [0.1, 0.15) is 11.3 Å². The van der Waals surface area contributed by atoms with E-state index < -0.39 is 0 Å². The van der Waals surface area contributed by atoms with E-state index in [1.54, 1.807) is 7.11 Å².